The molecule has 0 aliphatic carbocycles. The number of hydrogen-bond acceptors (Lipinski definition) is 5. The first kappa shape index (κ1) is 22.9. The molecule has 2 rings (SSSR count). The van der Waals surface area contributed by atoms with Gasteiger partial charge in [0.15, 0.2) is 11.6 Å². The first-order valence-electron chi connectivity index (χ1n) is 9.48. The van der Waals surface area contributed by atoms with Gasteiger partial charge in [-0.2, -0.15) is 0 Å². The molecule has 7 heteroatoms. The van der Waals surface area contributed by atoms with Crippen LogP contribution in [0, 0.1) is 5.82 Å². The molecule has 0 aromatic heterocycles. The van der Waals surface area contributed by atoms with E-state index < -0.39 is 23.7 Å². The number of rotatable bonds is 9. The van der Waals surface area contributed by atoms with Crippen LogP contribution in [0.15, 0.2) is 48.5 Å². The second kappa shape index (κ2) is 11.0. The van der Waals surface area contributed by atoms with Crippen LogP contribution in [-0.2, 0) is 14.3 Å². The Balaban J connectivity index is 2.13. The lowest BCUT2D eigenvalue weighted by molar-refractivity contribution is -0.148. The zero-order chi connectivity index (χ0) is 22.1. The van der Waals surface area contributed by atoms with Crippen molar-refractivity contribution in [3.05, 3.63) is 65.5 Å². The van der Waals surface area contributed by atoms with Gasteiger partial charge in [0.1, 0.15) is 5.75 Å². The number of hydrogen-bond donors (Lipinski definition) is 1. The van der Waals surface area contributed by atoms with Crippen molar-refractivity contribution in [1.82, 2.24) is 5.32 Å². The SMILES string of the molecule is COc1ccc(C(CC(=O)OC(C)C)NC(=O)/C=C/c2ccc(OC)c(F)c2)cc1. The second-order valence-electron chi connectivity index (χ2n) is 6.80. The van der Waals surface area contributed by atoms with Crippen LogP contribution in [0.2, 0.25) is 0 Å². The third-order valence-electron chi connectivity index (χ3n) is 4.18. The van der Waals surface area contributed by atoms with Gasteiger partial charge >= 0.3 is 5.97 Å². The van der Waals surface area contributed by atoms with Crippen LogP contribution in [0.25, 0.3) is 6.08 Å². The maximum absolute atomic E-state index is 13.8. The number of nitrogens with one attached hydrogen (secondary N) is 1. The summed E-state index contributed by atoms with van der Waals surface area (Å²) in [4.78, 5) is 24.6. The van der Waals surface area contributed by atoms with Crippen LogP contribution in [0.5, 0.6) is 11.5 Å². The van der Waals surface area contributed by atoms with Crippen molar-refractivity contribution in [3.63, 3.8) is 0 Å². The quantitative estimate of drug-likeness (QED) is 0.494. The third kappa shape index (κ3) is 6.92. The maximum atomic E-state index is 13.8. The van der Waals surface area contributed by atoms with Crippen LogP contribution < -0.4 is 14.8 Å². The van der Waals surface area contributed by atoms with E-state index in [-0.39, 0.29) is 18.3 Å². The highest BCUT2D eigenvalue weighted by Crippen LogP contribution is 2.22. The Morgan fingerprint density at radius 1 is 1.07 bits per heavy atom. The van der Waals surface area contributed by atoms with Gasteiger partial charge in [0, 0.05) is 6.08 Å². The molecule has 0 heterocycles. The van der Waals surface area contributed by atoms with Crippen LogP contribution in [0.1, 0.15) is 37.4 Å². The number of carbonyl (C=O) groups is 2. The van der Waals surface area contributed by atoms with Crippen LogP contribution >= 0.6 is 0 Å². The summed E-state index contributed by atoms with van der Waals surface area (Å²) < 4.78 is 29.0. The number of benzene rings is 2. The van der Waals surface area contributed by atoms with Crippen LogP contribution in [-0.4, -0.2) is 32.2 Å². The van der Waals surface area contributed by atoms with Gasteiger partial charge in [0.2, 0.25) is 5.91 Å². The van der Waals surface area contributed by atoms with E-state index in [1.807, 2.05) is 0 Å². The van der Waals surface area contributed by atoms with Gasteiger partial charge in [-0.05, 0) is 55.3 Å². The van der Waals surface area contributed by atoms with Crippen LogP contribution in [0.3, 0.4) is 0 Å². The molecule has 0 aliphatic heterocycles. The second-order valence-corrected chi connectivity index (χ2v) is 6.80. The molecule has 1 amide bonds. The Morgan fingerprint density at radius 3 is 2.33 bits per heavy atom. The minimum Gasteiger partial charge on any atom is -0.497 e. The summed E-state index contributed by atoms with van der Waals surface area (Å²) >= 11 is 0. The van der Waals surface area contributed by atoms with Gasteiger partial charge in [-0.1, -0.05) is 18.2 Å². The van der Waals surface area contributed by atoms with E-state index >= 15 is 0 Å². The number of methoxy groups -OCH3 is 2. The zero-order valence-electron chi connectivity index (χ0n) is 17.5. The number of esters is 1. The maximum Gasteiger partial charge on any atom is 0.308 e. The molecular formula is C23H26FNO5. The minimum atomic E-state index is -0.591. The minimum absolute atomic E-state index is 0.0265. The van der Waals surface area contributed by atoms with Gasteiger partial charge in [-0.15, -0.1) is 0 Å². The predicted octanol–water partition coefficient (Wildman–Crippen LogP) is 4.06. The zero-order valence-corrected chi connectivity index (χ0v) is 17.5. The first-order chi connectivity index (χ1) is 14.3. The van der Waals surface area contributed by atoms with Crippen molar-refractivity contribution >= 4 is 18.0 Å². The van der Waals surface area contributed by atoms with Gasteiger partial charge < -0.3 is 19.5 Å². The molecule has 0 saturated heterocycles. The Labute approximate surface area is 175 Å². The molecule has 160 valence electrons. The Morgan fingerprint density at radius 2 is 1.77 bits per heavy atom. The van der Waals surface area contributed by atoms with E-state index in [9.17, 15) is 14.0 Å². The van der Waals surface area contributed by atoms with E-state index in [0.717, 1.165) is 5.56 Å². The molecule has 0 spiro atoms. The summed E-state index contributed by atoms with van der Waals surface area (Å²) in [5.41, 5.74) is 1.23. The monoisotopic (exact) mass is 415 g/mol. The Hall–Kier alpha value is -3.35. The Bertz CT molecular complexity index is 893. The summed E-state index contributed by atoms with van der Waals surface area (Å²) in [6.07, 6.45) is 2.48. The molecule has 6 nitrogen and oxygen atoms in total. The normalized spacial score (nSPS) is 11.9. The smallest absolute Gasteiger partial charge is 0.308 e. The lowest BCUT2D eigenvalue weighted by Gasteiger charge is -2.19. The molecular weight excluding hydrogens is 389 g/mol. The van der Waals surface area contributed by atoms with Crippen molar-refractivity contribution in [1.29, 1.82) is 0 Å². The van der Waals surface area contributed by atoms with Crippen molar-refractivity contribution in [2.45, 2.75) is 32.4 Å². The molecule has 1 N–H and O–H groups in total. The fourth-order valence-electron chi connectivity index (χ4n) is 2.74. The summed E-state index contributed by atoms with van der Waals surface area (Å²) in [5, 5.41) is 2.80. The summed E-state index contributed by atoms with van der Waals surface area (Å²) in [6, 6.07) is 10.8. The fourth-order valence-corrected chi connectivity index (χ4v) is 2.74. The molecule has 1 atom stereocenters. The Kier molecular flexibility index (Phi) is 8.41. The number of amides is 1. The fraction of sp³-hybridized carbons (Fsp3) is 0.304. The van der Waals surface area contributed by atoms with Crippen molar-refractivity contribution in [2.75, 3.05) is 14.2 Å². The van der Waals surface area contributed by atoms with Gasteiger partial charge in [-0.25, -0.2) is 4.39 Å². The molecule has 2 aromatic carbocycles. The lowest BCUT2D eigenvalue weighted by Crippen LogP contribution is -2.29. The van der Waals surface area contributed by atoms with Gasteiger partial charge in [0.25, 0.3) is 0 Å². The molecule has 0 saturated carbocycles. The highest BCUT2D eigenvalue weighted by atomic mass is 19.1. The average Bonchev–Trinajstić information content (AvgIpc) is 2.71. The average molecular weight is 415 g/mol. The number of ether oxygens (including phenoxy) is 3. The van der Waals surface area contributed by atoms with E-state index in [4.69, 9.17) is 14.2 Å². The predicted molar refractivity (Wildman–Crippen MR) is 112 cm³/mol. The van der Waals surface area contributed by atoms with E-state index in [0.29, 0.717) is 11.3 Å². The van der Waals surface area contributed by atoms with Crippen molar-refractivity contribution < 1.29 is 28.2 Å². The molecule has 0 radical (unpaired) electrons. The molecule has 0 bridgehead atoms. The molecule has 30 heavy (non-hydrogen) atoms. The van der Waals surface area contributed by atoms with Crippen LogP contribution in [0.4, 0.5) is 4.39 Å². The lowest BCUT2D eigenvalue weighted by atomic mass is 10.0. The first-order valence-corrected chi connectivity index (χ1v) is 9.48. The standard InChI is InChI=1S/C23H26FNO5/c1-15(2)30-23(27)14-20(17-7-9-18(28-3)10-8-17)25-22(26)12-6-16-5-11-21(29-4)19(24)13-16/h5-13,15,20H,14H2,1-4H3,(H,25,26)/b12-6+. The van der Waals surface area contributed by atoms with E-state index in [2.05, 4.69) is 5.32 Å². The highest BCUT2D eigenvalue weighted by Gasteiger charge is 2.19. The summed E-state index contributed by atoms with van der Waals surface area (Å²) in [6.45, 7) is 3.52. The summed E-state index contributed by atoms with van der Waals surface area (Å²) in [5.74, 6) is -0.584. The van der Waals surface area contributed by atoms with Crippen molar-refractivity contribution in [2.24, 2.45) is 0 Å². The topological polar surface area (TPSA) is 73.9 Å². The molecule has 1 unspecified atom stereocenters. The molecule has 2 aromatic rings. The van der Waals surface area contributed by atoms with E-state index in [1.54, 1.807) is 51.3 Å². The highest BCUT2D eigenvalue weighted by molar-refractivity contribution is 5.92. The largest absolute Gasteiger partial charge is 0.497 e. The molecule has 0 aliphatic rings. The van der Waals surface area contributed by atoms with E-state index in [1.165, 1.54) is 31.4 Å². The third-order valence-corrected chi connectivity index (χ3v) is 4.18. The molecule has 0 fully saturated rings. The number of halogens is 1. The van der Waals surface area contributed by atoms with Gasteiger partial charge in [-0.3, -0.25) is 9.59 Å². The van der Waals surface area contributed by atoms with Crippen molar-refractivity contribution in [3.8, 4) is 11.5 Å². The summed E-state index contributed by atoms with van der Waals surface area (Å²) in [7, 11) is 2.94. The van der Waals surface area contributed by atoms with Gasteiger partial charge in [0.05, 0.1) is 32.8 Å². The number of carbonyl (C=O) groups excluding carboxylic acids is 2.